The molecule has 0 saturated carbocycles. The summed E-state index contributed by atoms with van der Waals surface area (Å²) >= 11 is 2.78. The summed E-state index contributed by atoms with van der Waals surface area (Å²) < 4.78 is 5.95. The normalized spacial score (nSPS) is 10.4. The standard InChI is InChI=1S/C19H20N4O2S2/c1-13-6-3-4-7-14(13)11-20-17(24)12-26-19-23-22-18(27-19)21-15-8-5-9-16(10-15)25-2/h3-10H,11-12H2,1-2H3,(H,20,24)(H,21,22). The van der Waals surface area contributed by atoms with Crippen LogP contribution in [-0.2, 0) is 11.3 Å². The SMILES string of the molecule is COc1cccc(Nc2nnc(SCC(=O)NCc3ccccc3C)s2)c1. The molecule has 0 radical (unpaired) electrons. The average Bonchev–Trinajstić information content (AvgIpc) is 3.13. The van der Waals surface area contributed by atoms with Crippen molar-refractivity contribution in [1.29, 1.82) is 0 Å². The molecule has 2 N–H and O–H groups in total. The Hall–Kier alpha value is -2.58. The van der Waals surface area contributed by atoms with Crippen LogP contribution in [0.25, 0.3) is 0 Å². The minimum absolute atomic E-state index is 0.0271. The highest BCUT2D eigenvalue weighted by Crippen LogP contribution is 2.28. The van der Waals surface area contributed by atoms with Crippen LogP contribution >= 0.6 is 23.1 Å². The number of methoxy groups -OCH3 is 1. The van der Waals surface area contributed by atoms with Gasteiger partial charge < -0.3 is 15.4 Å². The van der Waals surface area contributed by atoms with E-state index >= 15 is 0 Å². The molecule has 1 heterocycles. The molecule has 2 aromatic carbocycles. The monoisotopic (exact) mass is 400 g/mol. The van der Waals surface area contributed by atoms with Crippen LogP contribution in [0, 0.1) is 6.92 Å². The molecular formula is C19H20N4O2S2. The summed E-state index contributed by atoms with van der Waals surface area (Å²) in [4.78, 5) is 12.1. The molecule has 0 fully saturated rings. The predicted molar refractivity (Wildman–Crippen MR) is 110 cm³/mol. The Bertz CT molecular complexity index is 914. The Balaban J connectivity index is 1.47. The maximum absolute atomic E-state index is 12.1. The van der Waals surface area contributed by atoms with E-state index in [4.69, 9.17) is 4.74 Å². The Kier molecular flexibility index (Phi) is 6.67. The molecule has 0 bridgehead atoms. The van der Waals surface area contributed by atoms with Crippen LogP contribution in [0.5, 0.6) is 5.75 Å². The number of nitrogens with zero attached hydrogens (tertiary/aromatic N) is 2. The number of hydrogen-bond donors (Lipinski definition) is 2. The molecule has 140 valence electrons. The van der Waals surface area contributed by atoms with Crippen molar-refractivity contribution in [3.63, 3.8) is 0 Å². The Morgan fingerprint density at radius 1 is 1.19 bits per heavy atom. The van der Waals surface area contributed by atoms with E-state index in [2.05, 4.69) is 20.8 Å². The van der Waals surface area contributed by atoms with E-state index in [1.807, 2.05) is 55.5 Å². The van der Waals surface area contributed by atoms with E-state index in [0.29, 0.717) is 17.4 Å². The van der Waals surface area contributed by atoms with Crippen LogP contribution in [0.2, 0.25) is 0 Å². The van der Waals surface area contributed by atoms with Crippen LogP contribution < -0.4 is 15.4 Å². The molecule has 3 rings (SSSR count). The molecule has 0 atom stereocenters. The van der Waals surface area contributed by atoms with E-state index in [1.165, 1.54) is 28.7 Å². The highest BCUT2D eigenvalue weighted by Gasteiger charge is 2.09. The van der Waals surface area contributed by atoms with Crippen LogP contribution in [0.3, 0.4) is 0 Å². The lowest BCUT2D eigenvalue weighted by Crippen LogP contribution is -2.24. The fraction of sp³-hybridized carbons (Fsp3) is 0.211. The van der Waals surface area contributed by atoms with E-state index in [-0.39, 0.29) is 5.91 Å². The van der Waals surface area contributed by atoms with Gasteiger partial charge in [0, 0.05) is 18.3 Å². The van der Waals surface area contributed by atoms with Crippen molar-refractivity contribution in [2.24, 2.45) is 0 Å². The minimum atomic E-state index is -0.0271. The molecule has 1 aromatic heterocycles. The van der Waals surface area contributed by atoms with Gasteiger partial charge in [0.1, 0.15) is 5.75 Å². The molecule has 0 unspecified atom stereocenters. The molecule has 0 aliphatic rings. The summed E-state index contributed by atoms with van der Waals surface area (Å²) in [5.41, 5.74) is 3.16. The van der Waals surface area contributed by atoms with Crippen LogP contribution in [-0.4, -0.2) is 29.0 Å². The number of carbonyl (C=O) groups is 1. The second-order valence-corrected chi connectivity index (χ2v) is 7.92. The zero-order chi connectivity index (χ0) is 19.1. The molecule has 0 saturated heterocycles. The summed E-state index contributed by atoms with van der Waals surface area (Å²) in [7, 11) is 1.63. The number of ether oxygens (including phenoxy) is 1. The molecule has 27 heavy (non-hydrogen) atoms. The van der Waals surface area contributed by atoms with Gasteiger partial charge in [-0.1, -0.05) is 53.4 Å². The number of rotatable bonds is 8. The van der Waals surface area contributed by atoms with E-state index in [9.17, 15) is 4.79 Å². The molecule has 3 aromatic rings. The largest absolute Gasteiger partial charge is 0.497 e. The van der Waals surface area contributed by atoms with Crippen molar-refractivity contribution in [2.75, 3.05) is 18.2 Å². The van der Waals surface area contributed by atoms with E-state index in [0.717, 1.165) is 21.3 Å². The van der Waals surface area contributed by atoms with E-state index < -0.39 is 0 Å². The average molecular weight is 401 g/mol. The third-order valence-electron chi connectivity index (χ3n) is 3.79. The van der Waals surface area contributed by atoms with Crippen LogP contribution in [0.4, 0.5) is 10.8 Å². The van der Waals surface area contributed by atoms with Crippen molar-refractivity contribution in [3.05, 3.63) is 59.7 Å². The molecule has 0 aliphatic heterocycles. The third kappa shape index (κ3) is 5.70. The first-order chi connectivity index (χ1) is 13.1. The summed E-state index contributed by atoms with van der Waals surface area (Å²) in [6.45, 7) is 2.57. The quantitative estimate of drug-likeness (QED) is 0.557. The third-order valence-corrected chi connectivity index (χ3v) is 5.76. The number of hydrogen-bond acceptors (Lipinski definition) is 7. The second-order valence-electron chi connectivity index (χ2n) is 5.72. The summed E-state index contributed by atoms with van der Waals surface area (Å²) in [5.74, 6) is 1.05. The first-order valence-electron chi connectivity index (χ1n) is 8.32. The Labute approximate surface area is 166 Å². The molecule has 6 nitrogen and oxygen atoms in total. The molecule has 1 amide bonds. The maximum Gasteiger partial charge on any atom is 0.230 e. The van der Waals surface area contributed by atoms with Gasteiger partial charge in [0.2, 0.25) is 11.0 Å². The summed E-state index contributed by atoms with van der Waals surface area (Å²) in [6, 6.07) is 15.6. The first kappa shape index (κ1) is 19.2. The molecule has 0 spiro atoms. The lowest BCUT2D eigenvalue weighted by molar-refractivity contribution is -0.118. The number of carbonyl (C=O) groups excluding carboxylic acids is 1. The van der Waals surface area contributed by atoms with Gasteiger partial charge in [-0.15, -0.1) is 10.2 Å². The lowest BCUT2D eigenvalue weighted by Gasteiger charge is -2.07. The highest BCUT2D eigenvalue weighted by molar-refractivity contribution is 8.01. The zero-order valence-electron chi connectivity index (χ0n) is 15.1. The van der Waals surface area contributed by atoms with Crippen molar-refractivity contribution in [2.45, 2.75) is 17.8 Å². The molecular weight excluding hydrogens is 380 g/mol. The molecule has 8 heteroatoms. The fourth-order valence-corrected chi connectivity index (χ4v) is 3.93. The number of benzene rings is 2. The lowest BCUT2D eigenvalue weighted by atomic mass is 10.1. The highest BCUT2D eigenvalue weighted by atomic mass is 32.2. The van der Waals surface area contributed by atoms with Gasteiger partial charge in [-0.25, -0.2) is 0 Å². The maximum atomic E-state index is 12.1. The van der Waals surface area contributed by atoms with Crippen molar-refractivity contribution in [3.8, 4) is 5.75 Å². The topological polar surface area (TPSA) is 76.1 Å². The van der Waals surface area contributed by atoms with Gasteiger partial charge in [-0.3, -0.25) is 4.79 Å². The zero-order valence-corrected chi connectivity index (χ0v) is 16.7. The minimum Gasteiger partial charge on any atom is -0.497 e. The number of aromatic nitrogens is 2. The van der Waals surface area contributed by atoms with Gasteiger partial charge in [-0.05, 0) is 30.2 Å². The first-order valence-corrected chi connectivity index (χ1v) is 10.1. The Morgan fingerprint density at radius 2 is 2.04 bits per heavy atom. The number of aryl methyl sites for hydroxylation is 1. The second kappa shape index (κ2) is 9.38. The van der Waals surface area contributed by atoms with Gasteiger partial charge in [0.25, 0.3) is 0 Å². The van der Waals surface area contributed by atoms with E-state index in [1.54, 1.807) is 7.11 Å². The predicted octanol–water partition coefficient (Wildman–Crippen LogP) is 4.01. The summed E-state index contributed by atoms with van der Waals surface area (Å²) in [6.07, 6.45) is 0. The van der Waals surface area contributed by atoms with Crippen LogP contribution in [0.1, 0.15) is 11.1 Å². The van der Waals surface area contributed by atoms with Crippen molar-refractivity contribution < 1.29 is 9.53 Å². The van der Waals surface area contributed by atoms with Gasteiger partial charge in [0.05, 0.1) is 12.9 Å². The number of thioether (sulfide) groups is 1. The number of anilines is 2. The smallest absolute Gasteiger partial charge is 0.230 e. The van der Waals surface area contributed by atoms with Crippen molar-refractivity contribution >= 4 is 39.8 Å². The Morgan fingerprint density at radius 3 is 2.85 bits per heavy atom. The number of nitrogens with one attached hydrogen (secondary N) is 2. The number of amides is 1. The fourth-order valence-electron chi connectivity index (χ4n) is 2.32. The van der Waals surface area contributed by atoms with Crippen molar-refractivity contribution in [1.82, 2.24) is 15.5 Å². The van der Waals surface area contributed by atoms with Gasteiger partial charge >= 0.3 is 0 Å². The van der Waals surface area contributed by atoms with Crippen LogP contribution in [0.15, 0.2) is 52.9 Å². The van der Waals surface area contributed by atoms with Gasteiger partial charge in [-0.2, -0.15) is 0 Å². The van der Waals surface area contributed by atoms with Gasteiger partial charge in [0.15, 0.2) is 4.34 Å². The summed E-state index contributed by atoms with van der Waals surface area (Å²) in [5, 5.41) is 15.0. The molecule has 0 aliphatic carbocycles.